The standard InChI is InChI=1S/C21H27FN2O2S/c22-16-7-5-15(6-8-16)18-13-19(18)21(26)24-11-9-23(10-12-24)20(25)14-27-17-3-1-2-4-17/h5-8,17-19H,1-4,9-14H2/t18-,19+/m0/s1. The fourth-order valence-electron chi connectivity index (χ4n) is 4.29. The molecule has 0 N–H and O–H groups in total. The molecule has 1 saturated heterocycles. The molecule has 4 nitrogen and oxygen atoms in total. The van der Waals surface area contributed by atoms with E-state index in [1.54, 1.807) is 12.1 Å². The van der Waals surface area contributed by atoms with Gasteiger partial charge in [0, 0.05) is 37.3 Å². The molecule has 2 atom stereocenters. The van der Waals surface area contributed by atoms with E-state index in [1.165, 1.54) is 37.8 Å². The largest absolute Gasteiger partial charge is 0.339 e. The fourth-order valence-corrected chi connectivity index (χ4v) is 5.52. The zero-order valence-electron chi connectivity index (χ0n) is 15.6. The van der Waals surface area contributed by atoms with Gasteiger partial charge in [-0.2, -0.15) is 0 Å². The molecular weight excluding hydrogens is 363 g/mol. The minimum absolute atomic E-state index is 0.0237. The van der Waals surface area contributed by atoms with E-state index in [2.05, 4.69) is 0 Å². The van der Waals surface area contributed by atoms with E-state index in [4.69, 9.17) is 0 Å². The lowest BCUT2D eigenvalue weighted by Gasteiger charge is -2.35. The first-order valence-electron chi connectivity index (χ1n) is 10.1. The molecule has 0 unspecified atom stereocenters. The summed E-state index contributed by atoms with van der Waals surface area (Å²) in [5.74, 6) is 0.991. The molecule has 0 radical (unpaired) electrons. The fraction of sp³-hybridized carbons (Fsp3) is 0.619. The zero-order chi connectivity index (χ0) is 18.8. The van der Waals surface area contributed by atoms with Gasteiger partial charge in [0.25, 0.3) is 0 Å². The van der Waals surface area contributed by atoms with E-state index in [9.17, 15) is 14.0 Å². The van der Waals surface area contributed by atoms with Crippen LogP contribution in [-0.2, 0) is 9.59 Å². The number of nitrogens with zero attached hydrogens (tertiary/aromatic N) is 2. The first-order chi connectivity index (χ1) is 13.1. The first-order valence-corrected chi connectivity index (χ1v) is 11.1. The van der Waals surface area contributed by atoms with Crippen LogP contribution in [-0.4, -0.2) is 58.8 Å². The number of carbonyl (C=O) groups is 2. The van der Waals surface area contributed by atoms with Gasteiger partial charge in [0.2, 0.25) is 11.8 Å². The summed E-state index contributed by atoms with van der Waals surface area (Å²) < 4.78 is 13.1. The number of halogens is 1. The third-order valence-electron chi connectivity index (χ3n) is 6.09. The van der Waals surface area contributed by atoms with Gasteiger partial charge in [-0.15, -0.1) is 11.8 Å². The second kappa shape index (κ2) is 8.21. The SMILES string of the molecule is O=C(CSC1CCCC1)N1CCN(C(=O)[C@@H]2C[C@H]2c2ccc(F)cc2)CC1. The summed E-state index contributed by atoms with van der Waals surface area (Å²) in [6, 6.07) is 6.49. The Bertz CT molecular complexity index is 682. The van der Waals surface area contributed by atoms with Gasteiger partial charge in [0.15, 0.2) is 0 Å². The van der Waals surface area contributed by atoms with Crippen molar-refractivity contribution in [2.75, 3.05) is 31.9 Å². The molecule has 4 rings (SSSR count). The zero-order valence-corrected chi connectivity index (χ0v) is 16.4. The number of benzene rings is 1. The van der Waals surface area contributed by atoms with Crippen LogP contribution in [0, 0.1) is 11.7 Å². The quantitative estimate of drug-likeness (QED) is 0.775. The number of rotatable bonds is 5. The van der Waals surface area contributed by atoms with Gasteiger partial charge in [0.05, 0.1) is 5.75 Å². The molecule has 3 aliphatic rings. The summed E-state index contributed by atoms with van der Waals surface area (Å²) >= 11 is 1.81. The van der Waals surface area contributed by atoms with Crippen molar-refractivity contribution in [2.24, 2.45) is 5.92 Å². The Kier molecular flexibility index (Phi) is 5.71. The molecule has 2 saturated carbocycles. The number of amides is 2. The number of hydrogen-bond acceptors (Lipinski definition) is 3. The molecule has 1 heterocycles. The highest BCUT2D eigenvalue weighted by atomic mass is 32.2. The van der Waals surface area contributed by atoms with Crippen LogP contribution >= 0.6 is 11.8 Å². The maximum Gasteiger partial charge on any atom is 0.232 e. The third-order valence-corrected chi connectivity index (χ3v) is 7.45. The van der Waals surface area contributed by atoms with Crippen LogP contribution in [0.3, 0.4) is 0 Å². The van der Waals surface area contributed by atoms with Crippen molar-refractivity contribution in [1.29, 1.82) is 0 Å². The average Bonchev–Trinajstić information content (AvgIpc) is 3.32. The van der Waals surface area contributed by atoms with Crippen LogP contribution < -0.4 is 0 Å². The highest BCUT2D eigenvalue weighted by Crippen LogP contribution is 2.48. The van der Waals surface area contributed by atoms with Gasteiger partial charge in [-0.25, -0.2) is 4.39 Å². The smallest absolute Gasteiger partial charge is 0.232 e. The minimum atomic E-state index is -0.242. The van der Waals surface area contributed by atoms with E-state index in [0.29, 0.717) is 37.2 Å². The number of thioether (sulfide) groups is 1. The summed E-state index contributed by atoms with van der Waals surface area (Å²) in [5.41, 5.74) is 1.05. The lowest BCUT2D eigenvalue weighted by molar-refractivity contribution is -0.139. The maximum absolute atomic E-state index is 13.1. The number of hydrogen-bond donors (Lipinski definition) is 0. The van der Waals surface area contributed by atoms with E-state index >= 15 is 0 Å². The molecule has 1 aromatic carbocycles. The monoisotopic (exact) mass is 390 g/mol. The summed E-state index contributed by atoms with van der Waals surface area (Å²) in [4.78, 5) is 29.0. The van der Waals surface area contributed by atoms with Crippen LogP contribution in [0.25, 0.3) is 0 Å². The van der Waals surface area contributed by atoms with Crippen LogP contribution in [0.4, 0.5) is 4.39 Å². The van der Waals surface area contributed by atoms with E-state index in [0.717, 1.165) is 12.0 Å². The molecule has 2 amide bonds. The summed E-state index contributed by atoms with van der Waals surface area (Å²) in [5, 5.41) is 0.662. The predicted molar refractivity (Wildman–Crippen MR) is 105 cm³/mol. The summed E-state index contributed by atoms with van der Waals surface area (Å²) in [6.45, 7) is 2.55. The van der Waals surface area contributed by atoms with Crippen molar-refractivity contribution in [3.05, 3.63) is 35.6 Å². The van der Waals surface area contributed by atoms with Crippen LogP contribution in [0.2, 0.25) is 0 Å². The highest BCUT2D eigenvalue weighted by Gasteiger charge is 2.46. The van der Waals surface area contributed by atoms with Crippen LogP contribution in [0.15, 0.2) is 24.3 Å². The third kappa shape index (κ3) is 4.48. The first kappa shape index (κ1) is 18.8. The Balaban J connectivity index is 1.21. The van der Waals surface area contributed by atoms with Gasteiger partial charge in [0.1, 0.15) is 5.82 Å². The molecule has 6 heteroatoms. The van der Waals surface area contributed by atoms with Crippen molar-refractivity contribution in [3.63, 3.8) is 0 Å². The lowest BCUT2D eigenvalue weighted by atomic mass is 10.1. The van der Waals surface area contributed by atoms with Gasteiger partial charge < -0.3 is 9.80 Å². The van der Waals surface area contributed by atoms with Crippen molar-refractivity contribution < 1.29 is 14.0 Å². The molecule has 3 fully saturated rings. The minimum Gasteiger partial charge on any atom is -0.339 e. The van der Waals surface area contributed by atoms with Crippen molar-refractivity contribution in [3.8, 4) is 0 Å². The molecule has 27 heavy (non-hydrogen) atoms. The Morgan fingerprint density at radius 2 is 1.63 bits per heavy atom. The molecule has 0 aromatic heterocycles. The maximum atomic E-state index is 13.1. The lowest BCUT2D eigenvalue weighted by Crippen LogP contribution is -2.51. The number of piperazine rings is 1. The molecule has 0 bridgehead atoms. The Labute approximate surface area is 164 Å². The highest BCUT2D eigenvalue weighted by molar-refractivity contribution is 8.00. The molecule has 1 aromatic rings. The molecular formula is C21H27FN2O2S. The second-order valence-corrected chi connectivity index (χ2v) is 9.21. The van der Waals surface area contributed by atoms with E-state index in [1.807, 2.05) is 21.6 Å². The Morgan fingerprint density at radius 3 is 2.30 bits per heavy atom. The molecule has 0 spiro atoms. The van der Waals surface area contributed by atoms with Crippen LogP contribution in [0.5, 0.6) is 0 Å². The topological polar surface area (TPSA) is 40.6 Å². The van der Waals surface area contributed by atoms with Gasteiger partial charge in [-0.1, -0.05) is 25.0 Å². The second-order valence-electron chi connectivity index (χ2n) is 7.92. The number of carbonyl (C=O) groups excluding carboxylic acids is 2. The predicted octanol–water partition coefficient (Wildman–Crippen LogP) is 3.28. The summed E-state index contributed by atoms with van der Waals surface area (Å²) in [7, 11) is 0. The van der Waals surface area contributed by atoms with Crippen molar-refractivity contribution in [1.82, 2.24) is 9.80 Å². The Hall–Kier alpha value is -1.56. The Morgan fingerprint density at radius 1 is 1.00 bits per heavy atom. The van der Waals surface area contributed by atoms with E-state index in [-0.39, 0.29) is 29.5 Å². The van der Waals surface area contributed by atoms with Crippen molar-refractivity contribution in [2.45, 2.75) is 43.3 Å². The summed E-state index contributed by atoms with van der Waals surface area (Å²) in [6.07, 6.45) is 5.94. The molecule has 146 valence electrons. The normalized spacial score (nSPS) is 25.7. The van der Waals surface area contributed by atoms with Gasteiger partial charge in [-0.3, -0.25) is 9.59 Å². The van der Waals surface area contributed by atoms with E-state index < -0.39 is 0 Å². The van der Waals surface area contributed by atoms with Gasteiger partial charge in [-0.05, 0) is 42.9 Å². The van der Waals surface area contributed by atoms with Gasteiger partial charge >= 0.3 is 0 Å². The molecule has 1 aliphatic heterocycles. The average molecular weight is 391 g/mol. The van der Waals surface area contributed by atoms with Crippen LogP contribution in [0.1, 0.15) is 43.6 Å². The van der Waals surface area contributed by atoms with Crippen molar-refractivity contribution >= 4 is 23.6 Å². The molecule has 2 aliphatic carbocycles.